The fourth-order valence-electron chi connectivity index (χ4n) is 2.47. The van der Waals surface area contributed by atoms with Gasteiger partial charge in [0.05, 0.1) is 11.9 Å². The highest BCUT2D eigenvalue weighted by molar-refractivity contribution is 7.92. The zero-order valence-electron chi connectivity index (χ0n) is 14.4. The molecular weight excluding hydrogens is 360 g/mol. The molecule has 0 heterocycles. The summed E-state index contributed by atoms with van der Waals surface area (Å²) in [5.41, 5.74) is 2.10. The fourth-order valence-corrected chi connectivity index (χ4v) is 3.77. The summed E-state index contributed by atoms with van der Waals surface area (Å²) < 4.78 is 25.6. The number of anilines is 2. The molecule has 1 N–H and O–H groups in total. The van der Waals surface area contributed by atoms with Gasteiger partial charge < -0.3 is 5.32 Å². The standard InChI is InChI=1S/C18H21ClN2O3S/c1-4-14-5-11-17(12-6-14)21(25(3,23)24)13(2)18(22)20-16-9-7-15(19)8-10-16/h5-13H,4H2,1-3H3,(H,20,22)/t13-/m1/s1. The van der Waals surface area contributed by atoms with Crippen LogP contribution >= 0.6 is 11.6 Å². The van der Waals surface area contributed by atoms with Gasteiger partial charge in [0, 0.05) is 10.7 Å². The minimum Gasteiger partial charge on any atom is -0.324 e. The number of sulfonamides is 1. The van der Waals surface area contributed by atoms with Gasteiger partial charge in [0.15, 0.2) is 0 Å². The van der Waals surface area contributed by atoms with Gasteiger partial charge in [-0.05, 0) is 55.3 Å². The van der Waals surface area contributed by atoms with Crippen LogP contribution in [0.3, 0.4) is 0 Å². The first-order valence-electron chi connectivity index (χ1n) is 7.87. The second-order valence-electron chi connectivity index (χ2n) is 5.75. The normalized spacial score (nSPS) is 12.5. The smallest absolute Gasteiger partial charge is 0.247 e. The number of hydrogen-bond donors (Lipinski definition) is 1. The molecule has 0 saturated heterocycles. The molecule has 2 aromatic carbocycles. The zero-order chi connectivity index (χ0) is 18.6. The third-order valence-electron chi connectivity index (χ3n) is 3.80. The van der Waals surface area contributed by atoms with Crippen LogP contribution < -0.4 is 9.62 Å². The number of halogens is 1. The number of nitrogens with zero attached hydrogens (tertiary/aromatic N) is 1. The number of carbonyl (C=O) groups excluding carboxylic acids is 1. The predicted octanol–water partition coefficient (Wildman–Crippen LogP) is 3.70. The molecule has 0 fully saturated rings. The maximum absolute atomic E-state index is 12.5. The van der Waals surface area contributed by atoms with Crippen molar-refractivity contribution in [2.24, 2.45) is 0 Å². The number of carbonyl (C=O) groups is 1. The first-order chi connectivity index (χ1) is 11.7. The number of aryl methyl sites for hydroxylation is 1. The van der Waals surface area contributed by atoms with Crippen LogP contribution in [-0.2, 0) is 21.2 Å². The van der Waals surface area contributed by atoms with Crippen LogP contribution in [0.4, 0.5) is 11.4 Å². The lowest BCUT2D eigenvalue weighted by Crippen LogP contribution is -2.45. The van der Waals surface area contributed by atoms with Crippen molar-refractivity contribution in [1.82, 2.24) is 0 Å². The molecule has 2 aromatic rings. The maximum Gasteiger partial charge on any atom is 0.247 e. The Morgan fingerprint density at radius 2 is 1.68 bits per heavy atom. The molecule has 5 nitrogen and oxygen atoms in total. The lowest BCUT2D eigenvalue weighted by Gasteiger charge is -2.28. The molecule has 25 heavy (non-hydrogen) atoms. The third kappa shape index (κ3) is 4.96. The van der Waals surface area contributed by atoms with Crippen LogP contribution in [-0.4, -0.2) is 26.6 Å². The molecule has 0 aliphatic carbocycles. The van der Waals surface area contributed by atoms with Gasteiger partial charge in [-0.3, -0.25) is 9.10 Å². The van der Waals surface area contributed by atoms with Crippen molar-refractivity contribution in [1.29, 1.82) is 0 Å². The lowest BCUT2D eigenvalue weighted by atomic mass is 10.1. The Kier molecular flexibility index (Phi) is 6.08. The number of benzene rings is 2. The zero-order valence-corrected chi connectivity index (χ0v) is 15.9. The van der Waals surface area contributed by atoms with Crippen molar-refractivity contribution >= 4 is 38.9 Å². The van der Waals surface area contributed by atoms with Crippen LogP contribution in [0.15, 0.2) is 48.5 Å². The summed E-state index contributed by atoms with van der Waals surface area (Å²) in [7, 11) is -3.63. The van der Waals surface area contributed by atoms with E-state index in [9.17, 15) is 13.2 Å². The van der Waals surface area contributed by atoms with Gasteiger partial charge in [-0.1, -0.05) is 30.7 Å². The Morgan fingerprint density at radius 1 is 1.12 bits per heavy atom. The monoisotopic (exact) mass is 380 g/mol. The van der Waals surface area contributed by atoms with Crippen molar-refractivity contribution in [3.63, 3.8) is 0 Å². The third-order valence-corrected chi connectivity index (χ3v) is 5.29. The van der Waals surface area contributed by atoms with Crippen molar-refractivity contribution in [2.45, 2.75) is 26.3 Å². The molecule has 0 spiro atoms. The summed E-state index contributed by atoms with van der Waals surface area (Å²) in [5, 5.41) is 3.27. The number of amides is 1. The average Bonchev–Trinajstić information content (AvgIpc) is 2.56. The van der Waals surface area contributed by atoms with Crippen LogP contribution in [0.25, 0.3) is 0 Å². The van der Waals surface area contributed by atoms with E-state index in [1.807, 2.05) is 19.1 Å². The molecule has 0 radical (unpaired) electrons. The SMILES string of the molecule is CCc1ccc(N([C@H](C)C(=O)Nc2ccc(Cl)cc2)S(C)(=O)=O)cc1. The summed E-state index contributed by atoms with van der Waals surface area (Å²) in [4.78, 5) is 12.5. The van der Waals surface area contributed by atoms with E-state index in [-0.39, 0.29) is 0 Å². The van der Waals surface area contributed by atoms with Crippen LogP contribution in [0, 0.1) is 0 Å². The molecule has 0 aliphatic heterocycles. The van der Waals surface area contributed by atoms with E-state index in [1.54, 1.807) is 43.3 Å². The topological polar surface area (TPSA) is 66.5 Å². The van der Waals surface area contributed by atoms with E-state index >= 15 is 0 Å². The summed E-state index contributed by atoms with van der Waals surface area (Å²) in [6.07, 6.45) is 1.94. The number of nitrogens with one attached hydrogen (secondary N) is 1. The molecule has 0 unspecified atom stereocenters. The van der Waals surface area contributed by atoms with Gasteiger partial charge in [0.25, 0.3) is 0 Å². The summed E-state index contributed by atoms with van der Waals surface area (Å²) in [6, 6.07) is 12.9. The molecule has 2 rings (SSSR count). The Labute approximate surface area is 153 Å². The van der Waals surface area contributed by atoms with Gasteiger partial charge in [0.1, 0.15) is 6.04 Å². The Morgan fingerprint density at radius 3 is 2.16 bits per heavy atom. The first kappa shape index (κ1) is 19.3. The molecule has 0 saturated carbocycles. The molecule has 134 valence electrons. The van der Waals surface area contributed by atoms with E-state index in [0.29, 0.717) is 16.4 Å². The van der Waals surface area contributed by atoms with Gasteiger partial charge in [0.2, 0.25) is 15.9 Å². The number of hydrogen-bond acceptors (Lipinski definition) is 3. The van der Waals surface area contributed by atoms with Gasteiger partial charge >= 0.3 is 0 Å². The quantitative estimate of drug-likeness (QED) is 0.830. The van der Waals surface area contributed by atoms with Gasteiger partial charge in [-0.15, -0.1) is 0 Å². The Balaban J connectivity index is 2.27. The summed E-state index contributed by atoms with van der Waals surface area (Å²) in [6.45, 7) is 3.57. The largest absolute Gasteiger partial charge is 0.324 e. The fraction of sp³-hybridized carbons (Fsp3) is 0.278. The minimum atomic E-state index is -3.63. The van der Waals surface area contributed by atoms with E-state index in [4.69, 9.17) is 11.6 Å². The van der Waals surface area contributed by atoms with Crippen LogP contribution in [0.5, 0.6) is 0 Å². The van der Waals surface area contributed by atoms with E-state index < -0.39 is 22.0 Å². The maximum atomic E-state index is 12.5. The highest BCUT2D eigenvalue weighted by Gasteiger charge is 2.29. The molecule has 0 bridgehead atoms. The lowest BCUT2D eigenvalue weighted by molar-refractivity contribution is -0.116. The molecule has 0 aromatic heterocycles. The first-order valence-corrected chi connectivity index (χ1v) is 10.1. The van der Waals surface area contributed by atoms with Gasteiger partial charge in [-0.25, -0.2) is 8.42 Å². The van der Waals surface area contributed by atoms with Crippen molar-refractivity contribution in [2.75, 3.05) is 15.9 Å². The highest BCUT2D eigenvalue weighted by atomic mass is 35.5. The second kappa shape index (κ2) is 7.89. The molecule has 1 amide bonds. The second-order valence-corrected chi connectivity index (χ2v) is 8.05. The van der Waals surface area contributed by atoms with Crippen LogP contribution in [0.1, 0.15) is 19.4 Å². The molecular formula is C18H21ClN2O3S. The van der Waals surface area contributed by atoms with E-state index in [1.165, 1.54) is 0 Å². The molecule has 0 aliphatic rings. The van der Waals surface area contributed by atoms with Crippen molar-refractivity contribution < 1.29 is 13.2 Å². The average molecular weight is 381 g/mol. The summed E-state index contributed by atoms with van der Waals surface area (Å²) >= 11 is 5.83. The molecule has 7 heteroatoms. The van der Waals surface area contributed by atoms with Crippen molar-refractivity contribution in [3.05, 3.63) is 59.1 Å². The minimum absolute atomic E-state index is 0.424. The van der Waals surface area contributed by atoms with Crippen molar-refractivity contribution in [3.8, 4) is 0 Å². The Hall–Kier alpha value is -2.05. The summed E-state index contributed by atoms with van der Waals surface area (Å²) in [5.74, 6) is -0.424. The van der Waals surface area contributed by atoms with E-state index in [0.717, 1.165) is 22.5 Å². The Bertz CT molecular complexity index is 834. The highest BCUT2D eigenvalue weighted by Crippen LogP contribution is 2.22. The van der Waals surface area contributed by atoms with Gasteiger partial charge in [-0.2, -0.15) is 0 Å². The van der Waals surface area contributed by atoms with Crippen LogP contribution in [0.2, 0.25) is 5.02 Å². The molecule has 1 atom stereocenters. The van der Waals surface area contributed by atoms with E-state index in [2.05, 4.69) is 5.32 Å². The predicted molar refractivity (Wildman–Crippen MR) is 103 cm³/mol. The number of rotatable bonds is 6.